The average molecular weight is 328 g/mol. The Morgan fingerprint density at radius 3 is 2.92 bits per heavy atom. The van der Waals surface area contributed by atoms with E-state index in [1.165, 1.54) is 0 Å². The Hall–Kier alpha value is -2.44. The van der Waals surface area contributed by atoms with Gasteiger partial charge in [0.2, 0.25) is 5.95 Å². The Labute approximate surface area is 141 Å². The number of aryl methyl sites for hydroxylation is 1. The Balaban J connectivity index is 1.63. The number of carbonyl (C=O) groups is 1. The number of aromatic amines is 1. The zero-order chi connectivity index (χ0) is 16.9. The van der Waals surface area contributed by atoms with E-state index in [2.05, 4.69) is 44.2 Å². The van der Waals surface area contributed by atoms with Crippen LogP contribution in [0.2, 0.25) is 0 Å². The maximum absolute atomic E-state index is 12.4. The van der Waals surface area contributed by atoms with E-state index in [1.807, 2.05) is 6.07 Å². The van der Waals surface area contributed by atoms with Gasteiger partial charge in [-0.1, -0.05) is 13.8 Å². The van der Waals surface area contributed by atoms with Gasteiger partial charge in [0.25, 0.3) is 5.91 Å². The Bertz CT molecular complexity index is 690. The molecule has 0 aliphatic carbocycles. The first kappa shape index (κ1) is 16.4. The lowest BCUT2D eigenvalue weighted by Crippen LogP contribution is -2.22. The first-order valence-electron chi connectivity index (χ1n) is 8.55. The fraction of sp³-hybridized carbons (Fsp3) is 0.529. The summed E-state index contributed by atoms with van der Waals surface area (Å²) in [6.45, 7) is 6.27. The monoisotopic (exact) mass is 328 g/mol. The number of anilines is 2. The van der Waals surface area contributed by atoms with Crippen molar-refractivity contribution in [1.82, 2.24) is 20.2 Å². The normalized spacial score (nSPS) is 14.4. The number of hydrogen-bond acceptors (Lipinski definition) is 5. The smallest absolute Gasteiger partial charge is 0.275 e. The fourth-order valence-corrected chi connectivity index (χ4v) is 2.72. The van der Waals surface area contributed by atoms with Gasteiger partial charge in [0.15, 0.2) is 5.82 Å². The molecule has 7 heteroatoms. The predicted octanol–water partition coefficient (Wildman–Crippen LogP) is 2.64. The minimum absolute atomic E-state index is 0.264. The van der Waals surface area contributed by atoms with Crippen molar-refractivity contribution in [3.63, 3.8) is 0 Å². The molecule has 0 aromatic carbocycles. The van der Waals surface area contributed by atoms with Crippen LogP contribution in [0, 0.1) is 5.92 Å². The summed E-state index contributed by atoms with van der Waals surface area (Å²) < 4.78 is 0. The molecule has 7 nitrogen and oxygen atoms in total. The molecule has 1 amide bonds. The van der Waals surface area contributed by atoms with Crippen LogP contribution in [0.5, 0.6) is 0 Å². The molecule has 0 atom stereocenters. The van der Waals surface area contributed by atoms with Crippen LogP contribution < -0.4 is 10.2 Å². The SMILES string of the molecule is CC(C)CCc1cc(NC(=O)c2ccnc(N3CCCC3)n2)n[nH]1. The molecule has 3 heterocycles. The molecule has 2 aromatic heterocycles. The number of carbonyl (C=O) groups excluding carboxylic acids is 1. The van der Waals surface area contributed by atoms with Crippen LogP contribution in [0.15, 0.2) is 18.3 Å². The zero-order valence-electron chi connectivity index (χ0n) is 14.2. The van der Waals surface area contributed by atoms with Gasteiger partial charge >= 0.3 is 0 Å². The van der Waals surface area contributed by atoms with E-state index in [9.17, 15) is 4.79 Å². The molecule has 1 saturated heterocycles. The quantitative estimate of drug-likeness (QED) is 0.851. The lowest BCUT2D eigenvalue weighted by molar-refractivity contribution is 0.102. The lowest BCUT2D eigenvalue weighted by atomic mass is 10.1. The van der Waals surface area contributed by atoms with Crippen molar-refractivity contribution in [2.45, 2.75) is 39.5 Å². The molecule has 0 spiro atoms. The summed E-state index contributed by atoms with van der Waals surface area (Å²) in [6, 6.07) is 3.50. The van der Waals surface area contributed by atoms with Crippen LogP contribution in [-0.4, -0.2) is 39.2 Å². The number of aromatic nitrogens is 4. The van der Waals surface area contributed by atoms with Crippen LogP contribution in [0.4, 0.5) is 11.8 Å². The summed E-state index contributed by atoms with van der Waals surface area (Å²) in [4.78, 5) is 23.1. The summed E-state index contributed by atoms with van der Waals surface area (Å²) in [7, 11) is 0. The van der Waals surface area contributed by atoms with Gasteiger partial charge in [-0.15, -0.1) is 0 Å². The molecule has 3 rings (SSSR count). The molecule has 1 aliphatic heterocycles. The van der Waals surface area contributed by atoms with Gasteiger partial charge < -0.3 is 10.2 Å². The summed E-state index contributed by atoms with van der Waals surface area (Å²) >= 11 is 0. The van der Waals surface area contributed by atoms with E-state index in [-0.39, 0.29) is 5.91 Å². The van der Waals surface area contributed by atoms with Crippen molar-refractivity contribution in [1.29, 1.82) is 0 Å². The number of rotatable bonds is 6. The van der Waals surface area contributed by atoms with Crippen molar-refractivity contribution in [2.24, 2.45) is 5.92 Å². The molecule has 0 radical (unpaired) electrons. The number of amides is 1. The fourth-order valence-electron chi connectivity index (χ4n) is 2.72. The molecule has 1 fully saturated rings. The number of nitrogens with zero attached hydrogens (tertiary/aromatic N) is 4. The third-order valence-electron chi connectivity index (χ3n) is 4.13. The van der Waals surface area contributed by atoms with Crippen molar-refractivity contribution in [3.8, 4) is 0 Å². The Morgan fingerprint density at radius 2 is 2.17 bits per heavy atom. The van der Waals surface area contributed by atoms with Gasteiger partial charge in [0.1, 0.15) is 5.69 Å². The molecule has 2 aromatic rings. The standard InChI is InChI=1S/C17H24N6O/c1-12(2)5-6-13-11-15(22-21-13)20-16(24)14-7-8-18-17(19-14)23-9-3-4-10-23/h7-8,11-12H,3-6,9-10H2,1-2H3,(H2,20,21,22,24). The minimum Gasteiger partial charge on any atom is -0.341 e. The molecular weight excluding hydrogens is 304 g/mol. The number of hydrogen-bond donors (Lipinski definition) is 2. The Morgan fingerprint density at radius 1 is 1.38 bits per heavy atom. The average Bonchev–Trinajstić information content (AvgIpc) is 3.25. The van der Waals surface area contributed by atoms with E-state index < -0.39 is 0 Å². The maximum Gasteiger partial charge on any atom is 0.275 e. The van der Waals surface area contributed by atoms with Crippen LogP contribution >= 0.6 is 0 Å². The van der Waals surface area contributed by atoms with Gasteiger partial charge in [0.05, 0.1) is 0 Å². The molecule has 0 unspecified atom stereocenters. The summed E-state index contributed by atoms with van der Waals surface area (Å²) in [5.74, 6) is 1.52. The first-order valence-corrected chi connectivity index (χ1v) is 8.55. The van der Waals surface area contributed by atoms with Crippen molar-refractivity contribution < 1.29 is 4.79 Å². The highest BCUT2D eigenvalue weighted by molar-refractivity contribution is 6.02. The van der Waals surface area contributed by atoms with Gasteiger partial charge in [0, 0.05) is 31.0 Å². The largest absolute Gasteiger partial charge is 0.341 e. The van der Waals surface area contributed by atoms with Crippen molar-refractivity contribution in [2.75, 3.05) is 23.3 Å². The third kappa shape index (κ3) is 4.10. The van der Waals surface area contributed by atoms with Crippen molar-refractivity contribution in [3.05, 3.63) is 29.7 Å². The zero-order valence-corrected chi connectivity index (χ0v) is 14.2. The van der Waals surface area contributed by atoms with Crippen LogP contribution in [0.3, 0.4) is 0 Å². The summed E-state index contributed by atoms with van der Waals surface area (Å²) in [6.07, 6.45) is 5.93. The first-order chi connectivity index (χ1) is 11.6. The van der Waals surface area contributed by atoms with Crippen LogP contribution in [-0.2, 0) is 6.42 Å². The number of H-pyrrole nitrogens is 1. The highest BCUT2D eigenvalue weighted by Crippen LogP contribution is 2.16. The highest BCUT2D eigenvalue weighted by atomic mass is 16.2. The second-order valence-electron chi connectivity index (χ2n) is 6.60. The van der Waals surface area contributed by atoms with E-state index in [4.69, 9.17) is 0 Å². The Kier molecular flexibility index (Phi) is 5.08. The molecule has 1 aliphatic rings. The highest BCUT2D eigenvalue weighted by Gasteiger charge is 2.17. The minimum atomic E-state index is -0.264. The molecule has 0 bridgehead atoms. The van der Waals surface area contributed by atoms with E-state index >= 15 is 0 Å². The molecule has 0 saturated carbocycles. The number of nitrogens with one attached hydrogen (secondary N) is 2. The second kappa shape index (κ2) is 7.42. The summed E-state index contributed by atoms with van der Waals surface area (Å²) in [5, 5.41) is 9.91. The molecule has 128 valence electrons. The molecule has 2 N–H and O–H groups in total. The summed E-state index contributed by atoms with van der Waals surface area (Å²) in [5.41, 5.74) is 1.39. The molecule has 24 heavy (non-hydrogen) atoms. The van der Waals surface area contributed by atoms with E-state index in [1.54, 1.807) is 12.3 Å². The van der Waals surface area contributed by atoms with Crippen LogP contribution in [0.25, 0.3) is 0 Å². The molecular formula is C17H24N6O. The maximum atomic E-state index is 12.4. The van der Waals surface area contributed by atoms with Crippen LogP contribution in [0.1, 0.15) is 49.3 Å². The second-order valence-corrected chi connectivity index (χ2v) is 6.60. The van der Waals surface area contributed by atoms with E-state index in [0.717, 1.165) is 44.5 Å². The van der Waals surface area contributed by atoms with Gasteiger partial charge in [-0.3, -0.25) is 9.89 Å². The van der Waals surface area contributed by atoms with E-state index in [0.29, 0.717) is 23.4 Å². The van der Waals surface area contributed by atoms with Gasteiger partial charge in [-0.05, 0) is 37.7 Å². The third-order valence-corrected chi connectivity index (χ3v) is 4.13. The topological polar surface area (TPSA) is 86.8 Å². The predicted molar refractivity (Wildman–Crippen MR) is 93.2 cm³/mol. The van der Waals surface area contributed by atoms with Crippen molar-refractivity contribution >= 4 is 17.7 Å². The van der Waals surface area contributed by atoms with Gasteiger partial charge in [-0.25, -0.2) is 9.97 Å². The lowest BCUT2D eigenvalue weighted by Gasteiger charge is -2.14. The van der Waals surface area contributed by atoms with Gasteiger partial charge in [-0.2, -0.15) is 5.10 Å².